The molecule has 37 heavy (non-hydrogen) atoms. The Bertz CT molecular complexity index is 1430. The van der Waals surface area contributed by atoms with Gasteiger partial charge in [0, 0.05) is 0 Å². The number of H-pyrrole nitrogens is 2. The average Bonchev–Trinajstić information content (AvgIpc) is 3.39. The first-order valence-corrected chi connectivity index (χ1v) is 15.1. The van der Waals surface area contributed by atoms with Crippen LogP contribution in [0, 0.1) is 13.8 Å². The van der Waals surface area contributed by atoms with Gasteiger partial charge >= 0.3 is 216 Å². The summed E-state index contributed by atoms with van der Waals surface area (Å²) < 4.78 is 24.9. The van der Waals surface area contributed by atoms with Crippen molar-refractivity contribution >= 4 is 21.3 Å². The molecular weight excluding hydrogens is 582 g/mol. The molecule has 17 heteroatoms. The van der Waals surface area contributed by atoms with Crippen molar-refractivity contribution in [2.75, 3.05) is 13.2 Å². The standard InChI is InChI=1S/C20H27N4O11PSe/c1-9-5-23(19(29)21-17(9)27)15-3-11(26)14(34-15)8-32-36(31,37)35-12-4-16(33-13(12)7-25)24-6-10(2)18(28)22-20(24)30/h5-6,11-16,25-26H,3-4,7-8H2,1-2H3,(H,31,37)(H,21,27,29)(H,22,28,30)/t11-,12-,13+,14+,15+,16+,36?/m0/s1. The van der Waals surface area contributed by atoms with E-state index in [1.165, 1.54) is 30.8 Å². The number of hydrogen-bond acceptors (Lipinski definition) is 11. The molecule has 0 aliphatic carbocycles. The molecule has 2 aliphatic heterocycles. The van der Waals surface area contributed by atoms with Gasteiger partial charge < -0.3 is 0 Å². The van der Waals surface area contributed by atoms with E-state index in [0.717, 1.165) is 4.57 Å². The zero-order chi connectivity index (χ0) is 27.1. The second-order valence-corrected chi connectivity index (χ2v) is 13.2. The molecule has 0 saturated carbocycles. The number of aryl methyl sites for hydroxylation is 2. The van der Waals surface area contributed by atoms with Crippen LogP contribution in [0.25, 0.3) is 0 Å². The molecule has 2 saturated heterocycles. The van der Waals surface area contributed by atoms with E-state index in [2.05, 4.69) is 25.1 Å². The maximum atomic E-state index is 12.2. The van der Waals surface area contributed by atoms with E-state index >= 15 is 0 Å². The van der Waals surface area contributed by atoms with E-state index in [0.29, 0.717) is 5.56 Å². The van der Waals surface area contributed by atoms with Gasteiger partial charge in [0.25, 0.3) is 0 Å². The van der Waals surface area contributed by atoms with Gasteiger partial charge in [0.05, 0.1) is 0 Å². The average molecular weight is 609 g/mol. The topological polar surface area (TPSA) is 207 Å². The molecule has 1 unspecified atom stereocenters. The van der Waals surface area contributed by atoms with E-state index in [1.807, 2.05) is 0 Å². The molecule has 0 spiro atoms. The Balaban J connectivity index is 1.39. The SMILES string of the molecule is Cc1cn([C@H]2C[C@H](OP(O)(=[Se])OC[C@H]3O[C@@H](n4cc(C)c(=O)[nH]c4=O)C[C@@H]3O)[C@@H](CO)O2)c(=O)[nH]c1=O. The quantitative estimate of drug-likeness (QED) is 0.161. The van der Waals surface area contributed by atoms with Crippen molar-refractivity contribution in [2.24, 2.45) is 0 Å². The summed E-state index contributed by atoms with van der Waals surface area (Å²) in [6, 6.07) is 0. The van der Waals surface area contributed by atoms with Crippen molar-refractivity contribution in [1.82, 2.24) is 19.1 Å². The number of aliphatic hydroxyl groups is 2. The van der Waals surface area contributed by atoms with Crippen LogP contribution in [0.2, 0.25) is 0 Å². The molecule has 0 amide bonds. The third kappa shape index (κ3) is 6.20. The first-order valence-electron chi connectivity index (χ1n) is 11.3. The molecule has 15 nitrogen and oxygen atoms in total. The van der Waals surface area contributed by atoms with Gasteiger partial charge in [-0.25, -0.2) is 0 Å². The van der Waals surface area contributed by atoms with Crippen LogP contribution >= 0.6 is 6.19 Å². The third-order valence-electron chi connectivity index (χ3n) is 6.15. The fraction of sp³-hybridized carbons (Fsp3) is 0.600. The molecule has 0 radical (unpaired) electrons. The molecule has 2 aromatic heterocycles. The normalized spacial score (nSPS) is 29.4. The molecular formula is C20H27N4O11PSe. The van der Waals surface area contributed by atoms with Crippen molar-refractivity contribution in [3.8, 4) is 0 Å². The van der Waals surface area contributed by atoms with Crippen LogP contribution in [0.3, 0.4) is 0 Å². The molecule has 204 valence electrons. The molecule has 4 rings (SSSR count). The third-order valence-corrected chi connectivity index (χ3v) is 8.37. The van der Waals surface area contributed by atoms with Crippen molar-refractivity contribution in [3.63, 3.8) is 0 Å². The van der Waals surface area contributed by atoms with E-state index in [1.54, 1.807) is 0 Å². The van der Waals surface area contributed by atoms with Crippen LogP contribution in [0.4, 0.5) is 0 Å². The zero-order valence-corrected chi connectivity index (χ0v) is 22.4. The van der Waals surface area contributed by atoms with Gasteiger partial charge in [0.1, 0.15) is 0 Å². The van der Waals surface area contributed by atoms with Crippen molar-refractivity contribution < 1.29 is 33.6 Å². The number of nitrogens with zero attached hydrogens (tertiary/aromatic N) is 2. The van der Waals surface area contributed by atoms with E-state index < -0.39 is 72.2 Å². The second-order valence-electron chi connectivity index (χ2n) is 8.85. The van der Waals surface area contributed by atoms with Crippen LogP contribution < -0.4 is 22.5 Å². The molecule has 2 aromatic rings. The number of ether oxygens (including phenoxy) is 2. The van der Waals surface area contributed by atoms with E-state index in [4.69, 9.17) is 18.5 Å². The molecule has 4 heterocycles. The summed E-state index contributed by atoms with van der Waals surface area (Å²) in [4.78, 5) is 62.7. The Morgan fingerprint density at radius 3 is 2.05 bits per heavy atom. The summed E-state index contributed by atoms with van der Waals surface area (Å²) in [5.41, 5.74) is -1.84. The summed E-state index contributed by atoms with van der Waals surface area (Å²) in [7, 11) is 0. The zero-order valence-electron chi connectivity index (χ0n) is 19.8. The van der Waals surface area contributed by atoms with Crippen LogP contribution in [0.15, 0.2) is 31.6 Å². The number of aromatic amines is 2. The number of rotatable bonds is 8. The van der Waals surface area contributed by atoms with E-state index in [-0.39, 0.29) is 25.0 Å². The second kappa shape index (κ2) is 11.0. The van der Waals surface area contributed by atoms with Gasteiger partial charge in [-0.2, -0.15) is 0 Å². The summed E-state index contributed by atoms with van der Waals surface area (Å²) in [5.74, 6) is 0. The van der Waals surface area contributed by atoms with Crippen LogP contribution in [0.1, 0.15) is 36.4 Å². The molecule has 5 N–H and O–H groups in total. The molecule has 0 bridgehead atoms. The van der Waals surface area contributed by atoms with Crippen LogP contribution in [-0.2, 0) is 18.5 Å². The Kier molecular flexibility index (Phi) is 8.36. The van der Waals surface area contributed by atoms with Crippen molar-refractivity contribution in [3.05, 3.63) is 65.2 Å². The summed E-state index contributed by atoms with van der Waals surface area (Å²) in [5, 5.41) is 20.1. The van der Waals surface area contributed by atoms with Crippen molar-refractivity contribution in [2.45, 2.75) is 63.6 Å². The van der Waals surface area contributed by atoms with Gasteiger partial charge in [-0.05, 0) is 0 Å². The maximum absolute atomic E-state index is 12.2. The Morgan fingerprint density at radius 2 is 1.51 bits per heavy atom. The number of aromatic nitrogens is 4. The minimum atomic E-state index is -3.65. The predicted molar refractivity (Wildman–Crippen MR) is 128 cm³/mol. The van der Waals surface area contributed by atoms with Gasteiger partial charge in [-0.15, -0.1) is 0 Å². The fourth-order valence-electron chi connectivity index (χ4n) is 4.15. The van der Waals surface area contributed by atoms with E-state index in [9.17, 15) is 34.3 Å². The Morgan fingerprint density at radius 1 is 1.00 bits per heavy atom. The monoisotopic (exact) mass is 610 g/mol. The Labute approximate surface area is 216 Å². The summed E-state index contributed by atoms with van der Waals surface area (Å²) in [6.45, 7) is 2.28. The van der Waals surface area contributed by atoms with Crippen LogP contribution in [0.5, 0.6) is 0 Å². The summed E-state index contributed by atoms with van der Waals surface area (Å²) >= 11 is 2.45. The molecule has 2 aliphatic rings. The van der Waals surface area contributed by atoms with Gasteiger partial charge in [0.15, 0.2) is 0 Å². The summed E-state index contributed by atoms with van der Waals surface area (Å²) in [6.07, 6.45) is -6.34. The molecule has 0 aromatic carbocycles. The first-order chi connectivity index (χ1) is 17.4. The molecule has 2 fully saturated rings. The molecule has 7 atom stereocenters. The number of nitrogens with one attached hydrogen (secondary N) is 2. The fourth-order valence-corrected chi connectivity index (χ4v) is 6.19. The Hall–Kier alpha value is -1.97. The number of hydrogen-bond donors (Lipinski definition) is 5. The number of aliphatic hydroxyl groups excluding tert-OH is 2. The van der Waals surface area contributed by atoms with Gasteiger partial charge in [-0.3, -0.25) is 0 Å². The van der Waals surface area contributed by atoms with Crippen LogP contribution in [-0.4, -0.2) is 86.9 Å². The van der Waals surface area contributed by atoms with Gasteiger partial charge in [0.2, 0.25) is 0 Å². The first kappa shape index (κ1) is 28.0. The van der Waals surface area contributed by atoms with Gasteiger partial charge in [-0.1, -0.05) is 0 Å². The predicted octanol–water partition coefficient (Wildman–Crippen LogP) is -2.13. The van der Waals surface area contributed by atoms with Crippen molar-refractivity contribution in [1.29, 1.82) is 0 Å². The minimum absolute atomic E-state index is 0.0443.